The van der Waals surface area contributed by atoms with Crippen LogP contribution in [0.5, 0.6) is 0 Å². The summed E-state index contributed by atoms with van der Waals surface area (Å²) < 4.78 is 15.8. The van der Waals surface area contributed by atoms with Crippen molar-refractivity contribution >= 4 is 28.4 Å². The fraction of sp³-hybridized carbons (Fsp3) is 0.211. The second-order valence-corrected chi connectivity index (χ2v) is 6.43. The highest BCUT2D eigenvalue weighted by molar-refractivity contribution is 6.30. The van der Waals surface area contributed by atoms with Crippen molar-refractivity contribution in [1.29, 1.82) is 0 Å². The zero-order valence-electron chi connectivity index (χ0n) is 14.5. The van der Waals surface area contributed by atoms with Crippen LogP contribution in [0.4, 0.5) is 4.39 Å². The summed E-state index contributed by atoms with van der Waals surface area (Å²) in [5, 5.41) is 9.37. The molecule has 0 spiro atoms. The molecule has 0 atom stereocenters. The SMILES string of the molecule is CCc1nc2cc(F)c(CCC(=O)NO)cc2c(=O)n1-c1ccc(Cl)cc1. The molecule has 1 heterocycles. The molecule has 3 rings (SSSR count). The predicted molar refractivity (Wildman–Crippen MR) is 99.9 cm³/mol. The zero-order valence-corrected chi connectivity index (χ0v) is 15.3. The van der Waals surface area contributed by atoms with E-state index < -0.39 is 11.7 Å². The zero-order chi connectivity index (χ0) is 19.6. The first-order chi connectivity index (χ1) is 12.9. The maximum absolute atomic E-state index is 14.4. The largest absolute Gasteiger partial charge is 0.289 e. The number of aryl methyl sites for hydroxylation is 2. The third kappa shape index (κ3) is 3.84. The Labute approximate surface area is 159 Å². The summed E-state index contributed by atoms with van der Waals surface area (Å²) in [6.07, 6.45) is 0.419. The van der Waals surface area contributed by atoms with Crippen LogP contribution in [0.1, 0.15) is 24.7 Å². The normalized spacial score (nSPS) is 11.0. The summed E-state index contributed by atoms with van der Waals surface area (Å²) in [5.74, 6) is -0.680. The Bertz CT molecular complexity index is 1060. The maximum Gasteiger partial charge on any atom is 0.265 e. The highest BCUT2D eigenvalue weighted by atomic mass is 35.5. The predicted octanol–water partition coefficient (Wildman–Crippen LogP) is 3.18. The number of benzene rings is 2. The van der Waals surface area contributed by atoms with Crippen LogP contribution in [-0.4, -0.2) is 20.7 Å². The molecule has 0 aliphatic heterocycles. The van der Waals surface area contributed by atoms with Gasteiger partial charge in [0.1, 0.15) is 11.6 Å². The van der Waals surface area contributed by atoms with Crippen molar-refractivity contribution < 1.29 is 14.4 Å². The molecule has 1 amide bonds. The third-order valence-corrected chi connectivity index (χ3v) is 4.50. The van der Waals surface area contributed by atoms with E-state index in [1.165, 1.54) is 22.2 Å². The first-order valence-corrected chi connectivity index (χ1v) is 8.75. The Balaban J connectivity index is 2.17. The van der Waals surface area contributed by atoms with E-state index in [0.717, 1.165) is 0 Å². The lowest BCUT2D eigenvalue weighted by molar-refractivity contribution is -0.129. The molecule has 8 heteroatoms. The number of fused-ring (bicyclic) bond motifs is 1. The Kier molecular flexibility index (Phi) is 5.53. The van der Waals surface area contributed by atoms with Gasteiger partial charge >= 0.3 is 0 Å². The van der Waals surface area contributed by atoms with Gasteiger partial charge in [-0.25, -0.2) is 14.9 Å². The van der Waals surface area contributed by atoms with E-state index in [-0.39, 0.29) is 34.9 Å². The molecule has 0 fully saturated rings. The maximum atomic E-state index is 14.4. The lowest BCUT2D eigenvalue weighted by atomic mass is 10.1. The minimum absolute atomic E-state index is 0.0457. The van der Waals surface area contributed by atoms with Crippen molar-refractivity contribution in [2.75, 3.05) is 0 Å². The van der Waals surface area contributed by atoms with Gasteiger partial charge < -0.3 is 0 Å². The van der Waals surface area contributed by atoms with Gasteiger partial charge in [-0.05, 0) is 42.3 Å². The summed E-state index contributed by atoms with van der Waals surface area (Å²) in [5.41, 5.74) is 2.25. The van der Waals surface area contributed by atoms with Gasteiger partial charge in [-0.2, -0.15) is 0 Å². The highest BCUT2D eigenvalue weighted by Crippen LogP contribution is 2.20. The number of hydrogen-bond donors (Lipinski definition) is 2. The van der Waals surface area contributed by atoms with Gasteiger partial charge in [0.15, 0.2) is 0 Å². The molecule has 1 aromatic heterocycles. The molecule has 0 saturated carbocycles. The number of halogens is 2. The van der Waals surface area contributed by atoms with Crippen LogP contribution in [0, 0.1) is 5.82 Å². The molecule has 6 nitrogen and oxygen atoms in total. The number of rotatable bonds is 5. The number of nitrogens with one attached hydrogen (secondary N) is 1. The van der Waals surface area contributed by atoms with E-state index >= 15 is 0 Å². The Morgan fingerprint density at radius 2 is 2.00 bits per heavy atom. The minimum Gasteiger partial charge on any atom is -0.289 e. The fourth-order valence-corrected chi connectivity index (χ4v) is 3.01. The fourth-order valence-electron chi connectivity index (χ4n) is 2.89. The molecule has 0 aliphatic carbocycles. The molecule has 0 bridgehead atoms. The number of carbonyl (C=O) groups excluding carboxylic acids is 1. The van der Waals surface area contributed by atoms with Gasteiger partial charge in [0.25, 0.3) is 5.56 Å². The number of hydroxylamine groups is 1. The summed E-state index contributed by atoms with van der Waals surface area (Å²) in [4.78, 5) is 28.7. The van der Waals surface area contributed by atoms with Gasteiger partial charge in [0.2, 0.25) is 5.91 Å². The minimum atomic E-state index is -0.632. The summed E-state index contributed by atoms with van der Waals surface area (Å²) in [7, 11) is 0. The molecule has 0 aliphatic rings. The first kappa shape index (κ1) is 19.0. The average molecular weight is 390 g/mol. The van der Waals surface area contributed by atoms with E-state index in [1.807, 2.05) is 6.92 Å². The molecule has 140 valence electrons. The molecule has 2 aromatic carbocycles. The Hall–Kier alpha value is -2.77. The summed E-state index contributed by atoms with van der Waals surface area (Å²) >= 11 is 5.92. The van der Waals surface area contributed by atoms with Gasteiger partial charge in [0, 0.05) is 23.9 Å². The second kappa shape index (κ2) is 7.85. The smallest absolute Gasteiger partial charge is 0.265 e. The van der Waals surface area contributed by atoms with E-state index in [1.54, 1.807) is 24.3 Å². The monoisotopic (exact) mass is 389 g/mol. The molecular weight excluding hydrogens is 373 g/mol. The second-order valence-electron chi connectivity index (χ2n) is 5.99. The number of nitrogens with zero attached hydrogens (tertiary/aromatic N) is 2. The standard InChI is InChI=1S/C19H17ClFN3O3/c1-2-17-22-16-10-15(21)11(3-8-18(25)23-27)9-14(16)19(26)24(17)13-6-4-12(20)5-7-13/h4-7,9-10,27H,2-3,8H2,1H3,(H,23,25). The topological polar surface area (TPSA) is 84.2 Å². The number of aromatic nitrogens is 2. The van der Waals surface area contributed by atoms with Gasteiger partial charge in [-0.1, -0.05) is 18.5 Å². The van der Waals surface area contributed by atoms with Crippen molar-refractivity contribution in [2.24, 2.45) is 0 Å². The first-order valence-electron chi connectivity index (χ1n) is 8.37. The lowest BCUT2D eigenvalue weighted by Crippen LogP contribution is -2.24. The Morgan fingerprint density at radius 3 is 2.63 bits per heavy atom. The van der Waals surface area contributed by atoms with Crippen molar-refractivity contribution in [3.8, 4) is 5.69 Å². The molecule has 0 radical (unpaired) electrons. The van der Waals surface area contributed by atoms with Crippen LogP contribution >= 0.6 is 11.6 Å². The van der Waals surface area contributed by atoms with Crippen LogP contribution in [0.2, 0.25) is 5.02 Å². The quantitative estimate of drug-likeness (QED) is 0.518. The lowest BCUT2D eigenvalue weighted by Gasteiger charge is -2.13. The van der Waals surface area contributed by atoms with Crippen LogP contribution in [0.3, 0.4) is 0 Å². The summed E-state index contributed by atoms with van der Waals surface area (Å²) in [6.45, 7) is 1.86. The molecule has 27 heavy (non-hydrogen) atoms. The van der Waals surface area contributed by atoms with E-state index in [2.05, 4.69) is 4.98 Å². The van der Waals surface area contributed by atoms with Crippen molar-refractivity contribution in [3.63, 3.8) is 0 Å². The van der Waals surface area contributed by atoms with Gasteiger partial charge in [-0.3, -0.25) is 19.4 Å². The highest BCUT2D eigenvalue weighted by Gasteiger charge is 2.15. The van der Waals surface area contributed by atoms with Crippen LogP contribution in [0.15, 0.2) is 41.2 Å². The van der Waals surface area contributed by atoms with Crippen LogP contribution < -0.4 is 11.0 Å². The number of amides is 1. The third-order valence-electron chi connectivity index (χ3n) is 4.25. The summed E-state index contributed by atoms with van der Waals surface area (Å²) in [6, 6.07) is 9.40. The van der Waals surface area contributed by atoms with Crippen molar-refractivity contribution in [1.82, 2.24) is 15.0 Å². The van der Waals surface area contributed by atoms with E-state index in [9.17, 15) is 14.0 Å². The molecule has 0 saturated heterocycles. The Morgan fingerprint density at radius 1 is 1.30 bits per heavy atom. The molecule has 0 unspecified atom stereocenters. The van der Waals surface area contributed by atoms with Crippen molar-refractivity contribution in [3.05, 3.63) is 69.0 Å². The number of hydrogen-bond acceptors (Lipinski definition) is 4. The number of carbonyl (C=O) groups is 1. The molecule has 3 aromatic rings. The van der Waals surface area contributed by atoms with Crippen LogP contribution in [-0.2, 0) is 17.6 Å². The van der Waals surface area contributed by atoms with E-state index in [4.69, 9.17) is 16.8 Å². The van der Waals surface area contributed by atoms with E-state index in [0.29, 0.717) is 23.0 Å². The molecule has 2 N–H and O–H groups in total. The molecular formula is C19H17ClFN3O3. The van der Waals surface area contributed by atoms with Gasteiger partial charge in [-0.15, -0.1) is 0 Å². The van der Waals surface area contributed by atoms with Gasteiger partial charge in [0.05, 0.1) is 16.6 Å². The van der Waals surface area contributed by atoms with Crippen LogP contribution in [0.25, 0.3) is 16.6 Å². The average Bonchev–Trinajstić information content (AvgIpc) is 2.67. The van der Waals surface area contributed by atoms with Crippen molar-refractivity contribution in [2.45, 2.75) is 26.2 Å².